The average molecular weight is 177 g/mol. The minimum Gasteiger partial charge on any atom is -0.353 e. The molecular weight excluding hydrogens is 171 g/mol. The third-order valence-corrected chi connectivity index (χ3v) is 1.31. The lowest BCUT2D eigenvalue weighted by molar-refractivity contribution is -0.197. The van der Waals surface area contributed by atoms with E-state index in [4.69, 9.17) is 5.11 Å². The van der Waals surface area contributed by atoms with E-state index in [0.29, 0.717) is 0 Å². The van der Waals surface area contributed by atoms with Gasteiger partial charge in [-0.2, -0.15) is 4.39 Å². The Bertz CT molecular complexity index is 250. The second-order valence-corrected chi connectivity index (χ2v) is 2.19. The van der Waals surface area contributed by atoms with E-state index in [9.17, 15) is 13.2 Å². The molecule has 1 atom stereocenters. The van der Waals surface area contributed by atoms with Gasteiger partial charge in [-0.25, -0.2) is 8.78 Å². The van der Waals surface area contributed by atoms with Crippen molar-refractivity contribution in [2.24, 2.45) is 0 Å². The maximum absolute atomic E-state index is 12.7. The van der Waals surface area contributed by atoms with Crippen LogP contribution in [0, 0.1) is 0 Å². The number of alkyl halides is 3. The molecular formula is C7H6F3NO. The molecule has 0 aromatic carbocycles. The van der Waals surface area contributed by atoms with Crippen LogP contribution in [0.2, 0.25) is 0 Å². The average Bonchev–Trinajstić information content (AvgIpc) is 2.06. The molecule has 0 aliphatic heterocycles. The summed E-state index contributed by atoms with van der Waals surface area (Å²) in [5.74, 6) is -3.65. The van der Waals surface area contributed by atoms with Gasteiger partial charge >= 0.3 is 12.3 Å². The van der Waals surface area contributed by atoms with E-state index >= 15 is 0 Å². The Hall–Kier alpha value is -1.10. The molecule has 0 radical (unpaired) electrons. The summed E-state index contributed by atoms with van der Waals surface area (Å²) in [7, 11) is 0. The van der Waals surface area contributed by atoms with E-state index in [2.05, 4.69) is 4.98 Å². The molecule has 5 heteroatoms. The van der Waals surface area contributed by atoms with Gasteiger partial charge in [0.25, 0.3) is 0 Å². The predicted octanol–water partition coefficient (Wildman–Crippen LogP) is 1.46. The van der Waals surface area contributed by atoms with Gasteiger partial charge in [-0.3, -0.25) is 4.98 Å². The highest BCUT2D eigenvalue weighted by atomic mass is 19.3. The summed E-state index contributed by atoms with van der Waals surface area (Å²) in [5.41, 5.74) is -0.681. The molecule has 12 heavy (non-hydrogen) atoms. The third kappa shape index (κ3) is 1.55. The van der Waals surface area contributed by atoms with Crippen molar-refractivity contribution >= 4 is 0 Å². The zero-order valence-corrected chi connectivity index (χ0v) is 5.92. The lowest BCUT2D eigenvalue weighted by atomic mass is 10.2. The summed E-state index contributed by atoms with van der Waals surface area (Å²) in [4.78, 5) is 3.27. The van der Waals surface area contributed by atoms with E-state index in [1.54, 1.807) is 0 Å². The van der Waals surface area contributed by atoms with Crippen LogP contribution in [-0.4, -0.2) is 16.5 Å². The summed E-state index contributed by atoms with van der Waals surface area (Å²) >= 11 is 0. The van der Waals surface area contributed by atoms with Crippen molar-refractivity contribution in [2.75, 3.05) is 0 Å². The lowest BCUT2D eigenvalue weighted by Gasteiger charge is -2.16. The topological polar surface area (TPSA) is 33.1 Å². The van der Waals surface area contributed by atoms with Crippen LogP contribution in [0.15, 0.2) is 24.4 Å². The van der Waals surface area contributed by atoms with Crippen molar-refractivity contribution in [3.8, 4) is 0 Å². The Morgan fingerprint density at radius 1 is 1.42 bits per heavy atom. The predicted molar refractivity (Wildman–Crippen MR) is 35.2 cm³/mol. The highest BCUT2D eigenvalue weighted by Crippen LogP contribution is 2.27. The number of pyridine rings is 1. The van der Waals surface area contributed by atoms with Crippen LogP contribution >= 0.6 is 0 Å². The fourth-order valence-electron chi connectivity index (χ4n) is 0.682. The van der Waals surface area contributed by atoms with Gasteiger partial charge in [-0.1, -0.05) is 6.07 Å². The van der Waals surface area contributed by atoms with Gasteiger partial charge in [0.15, 0.2) is 0 Å². The maximum atomic E-state index is 12.7. The molecule has 0 bridgehead atoms. The van der Waals surface area contributed by atoms with Crippen LogP contribution in [0.25, 0.3) is 0 Å². The van der Waals surface area contributed by atoms with E-state index in [0.717, 1.165) is 12.3 Å². The number of aromatic nitrogens is 1. The Morgan fingerprint density at radius 3 is 2.50 bits per heavy atom. The van der Waals surface area contributed by atoms with E-state index in [-0.39, 0.29) is 0 Å². The third-order valence-electron chi connectivity index (χ3n) is 1.31. The van der Waals surface area contributed by atoms with Crippen LogP contribution in [0.5, 0.6) is 0 Å². The summed E-state index contributed by atoms with van der Waals surface area (Å²) in [6.07, 6.45) is -2.37. The molecule has 0 aliphatic carbocycles. The van der Waals surface area contributed by atoms with Gasteiger partial charge in [-0.05, 0) is 12.1 Å². The molecule has 0 spiro atoms. The molecule has 66 valence electrons. The van der Waals surface area contributed by atoms with Gasteiger partial charge in [0.2, 0.25) is 0 Å². The number of aliphatic hydroxyl groups is 1. The first-order chi connectivity index (χ1) is 5.55. The summed E-state index contributed by atoms with van der Waals surface area (Å²) < 4.78 is 36.4. The second-order valence-electron chi connectivity index (χ2n) is 2.19. The molecule has 1 unspecified atom stereocenters. The van der Waals surface area contributed by atoms with Gasteiger partial charge in [0.05, 0.1) is 0 Å². The fraction of sp³-hybridized carbons (Fsp3) is 0.286. The Labute approximate surface area is 66.7 Å². The normalized spacial score (nSPS) is 16.1. The molecule has 1 heterocycles. The SMILES string of the molecule is OC(F)(c1ccccn1)C(F)F. The van der Waals surface area contributed by atoms with Crippen molar-refractivity contribution in [2.45, 2.75) is 12.3 Å². The standard InChI is InChI=1S/C7H6F3NO/c8-6(9)7(10,12)5-3-1-2-4-11-5/h1-4,6,12H. The zero-order valence-electron chi connectivity index (χ0n) is 5.92. The molecule has 0 amide bonds. The number of hydrogen-bond donors (Lipinski definition) is 1. The first-order valence-electron chi connectivity index (χ1n) is 3.16. The molecule has 0 aliphatic rings. The molecule has 1 aromatic heterocycles. The molecule has 0 fully saturated rings. The number of hydrogen-bond acceptors (Lipinski definition) is 2. The quantitative estimate of drug-likeness (QED) is 0.741. The maximum Gasteiger partial charge on any atom is 0.311 e. The van der Waals surface area contributed by atoms with Gasteiger partial charge in [0.1, 0.15) is 5.69 Å². The first-order valence-corrected chi connectivity index (χ1v) is 3.16. The number of rotatable bonds is 2. The van der Waals surface area contributed by atoms with Crippen LogP contribution in [0.3, 0.4) is 0 Å². The van der Waals surface area contributed by atoms with Crippen molar-refractivity contribution in [3.05, 3.63) is 30.1 Å². The Morgan fingerprint density at radius 2 is 2.08 bits per heavy atom. The fourth-order valence-corrected chi connectivity index (χ4v) is 0.682. The van der Waals surface area contributed by atoms with Crippen LogP contribution < -0.4 is 0 Å². The van der Waals surface area contributed by atoms with Crippen LogP contribution in [-0.2, 0) is 5.85 Å². The molecule has 1 N–H and O–H groups in total. The molecule has 2 nitrogen and oxygen atoms in total. The minimum atomic E-state index is -3.65. The van der Waals surface area contributed by atoms with Crippen molar-refractivity contribution < 1.29 is 18.3 Å². The second kappa shape index (κ2) is 3.10. The largest absolute Gasteiger partial charge is 0.353 e. The molecule has 1 rings (SSSR count). The smallest absolute Gasteiger partial charge is 0.311 e. The molecule has 0 saturated carbocycles. The van der Waals surface area contributed by atoms with Gasteiger partial charge < -0.3 is 5.11 Å². The number of nitrogens with zero attached hydrogens (tertiary/aromatic N) is 1. The number of halogens is 3. The lowest BCUT2D eigenvalue weighted by Crippen LogP contribution is -2.29. The van der Waals surface area contributed by atoms with E-state index < -0.39 is 18.0 Å². The Balaban J connectivity index is 2.98. The van der Waals surface area contributed by atoms with E-state index in [1.165, 1.54) is 12.1 Å². The van der Waals surface area contributed by atoms with Gasteiger partial charge in [0, 0.05) is 6.20 Å². The van der Waals surface area contributed by atoms with Crippen LogP contribution in [0.4, 0.5) is 13.2 Å². The first kappa shape index (κ1) is 8.99. The molecule has 0 saturated heterocycles. The Kier molecular flexibility index (Phi) is 2.32. The summed E-state index contributed by atoms with van der Waals surface area (Å²) in [6, 6.07) is 3.74. The minimum absolute atomic E-state index is 0.681. The van der Waals surface area contributed by atoms with Crippen molar-refractivity contribution in [1.29, 1.82) is 0 Å². The molecule has 1 aromatic rings. The zero-order chi connectivity index (χ0) is 9.19. The van der Waals surface area contributed by atoms with Crippen LogP contribution in [0.1, 0.15) is 5.69 Å². The van der Waals surface area contributed by atoms with Gasteiger partial charge in [-0.15, -0.1) is 0 Å². The van der Waals surface area contributed by atoms with E-state index in [1.807, 2.05) is 0 Å². The highest BCUT2D eigenvalue weighted by molar-refractivity contribution is 5.10. The highest BCUT2D eigenvalue weighted by Gasteiger charge is 2.41. The summed E-state index contributed by atoms with van der Waals surface area (Å²) in [6.45, 7) is 0. The summed E-state index contributed by atoms with van der Waals surface area (Å²) in [5, 5.41) is 8.58. The van der Waals surface area contributed by atoms with Crippen molar-refractivity contribution in [3.63, 3.8) is 0 Å². The monoisotopic (exact) mass is 177 g/mol. The van der Waals surface area contributed by atoms with Crippen molar-refractivity contribution in [1.82, 2.24) is 4.98 Å².